The van der Waals surface area contributed by atoms with Crippen LogP contribution in [0.1, 0.15) is 25.7 Å². The van der Waals surface area contributed by atoms with E-state index in [1.807, 2.05) is 4.90 Å². The fourth-order valence-corrected chi connectivity index (χ4v) is 1.92. The Bertz CT molecular complexity index is 170. The highest BCUT2D eigenvalue weighted by Crippen LogP contribution is 2.18. The monoisotopic (exact) mass is 187 g/mol. The standard InChI is InChI=1S/C9H17NO3/c11-6-4-8-3-1-2-5-10(8)7-9(12)13/h8,11H,1-7H2,(H,12,13). The van der Waals surface area contributed by atoms with Crippen molar-refractivity contribution >= 4 is 5.97 Å². The molecule has 0 radical (unpaired) electrons. The predicted octanol–water partition coefficient (Wildman–Crippen LogP) is 0.308. The minimum absolute atomic E-state index is 0.116. The maximum atomic E-state index is 10.5. The zero-order valence-electron chi connectivity index (χ0n) is 7.78. The van der Waals surface area contributed by atoms with Gasteiger partial charge in [-0.1, -0.05) is 6.42 Å². The Morgan fingerprint density at radius 1 is 1.46 bits per heavy atom. The lowest BCUT2D eigenvalue weighted by Crippen LogP contribution is -2.42. The van der Waals surface area contributed by atoms with E-state index in [9.17, 15) is 4.79 Å². The number of carboxylic acids is 1. The Kier molecular flexibility index (Phi) is 4.18. The molecule has 1 heterocycles. The molecule has 1 saturated heterocycles. The summed E-state index contributed by atoms with van der Waals surface area (Å²) in [4.78, 5) is 12.5. The first-order valence-electron chi connectivity index (χ1n) is 4.80. The lowest BCUT2D eigenvalue weighted by Gasteiger charge is -2.34. The average molecular weight is 187 g/mol. The Labute approximate surface area is 78.2 Å². The summed E-state index contributed by atoms with van der Waals surface area (Å²) >= 11 is 0. The summed E-state index contributed by atoms with van der Waals surface area (Å²) in [5.41, 5.74) is 0. The Balaban J connectivity index is 2.41. The lowest BCUT2D eigenvalue weighted by molar-refractivity contribution is -0.139. The molecule has 0 aliphatic carbocycles. The summed E-state index contributed by atoms with van der Waals surface area (Å²) in [5, 5.41) is 17.4. The zero-order chi connectivity index (χ0) is 9.68. The summed E-state index contributed by atoms with van der Waals surface area (Å²) < 4.78 is 0. The first-order valence-corrected chi connectivity index (χ1v) is 4.80. The van der Waals surface area contributed by atoms with E-state index in [0.29, 0.717) is 6.42 Å². The van der Waals surface area contributed by atoms with E-state index in [-0.39, 0.29) is 19.2 Å². The summed E-state index contributed by atoms with van der Waals surface area (Å²) in [6.07, 6.45) is 3.96. The van der Waals surface area contributed by atoms with Crippen LogP contribution in [0.5, 0.6) is 0 Å². The Morgan fingerprint density at radius 2 is 2.23 bits per heavy atom. The van der Waals surface area contributed by atoms with Gasteiger partial charge in [-0.15, -0.1) is 0 Å². The molecule has 1 aliphatic rings. The summed E-state index contributed by atoms with van der Waals surface area (Å²) in [5.74, 6) is -0.773. The number of carboxylic acid groups (broad SMARTS) is 1. The number of nitrogens with zero attached hydrogens (tertiary/aromatic N) is 1. The molecule has 2 N–H and O–H groups in total. The van der Waals surface area contributed by atoms with Crippen LogP contribution < -0.4 is 0 Å². The van der Waals surface area contributed by atoms with Gasteiger partial charge in [0.05, 0.1) is 6.54 Å². The maximum Gasteiger partial charge on any atom is 0.317 e. The highest BCUT2D eigenvalue weighted by Gasteiger charge is 2.23. The molecule has 0 aromatic heterocycles. The summed E-state index contributed by atoms with van der Waals surface area (Å²) in [6, 6.07) is 0.273. The number of aliphatic carboxylic acids is 1. The van der Waals surface area contributed by atoms with Crippen molar-refractivity contribution < 1.29 is 15.0 Å². The third kappa shape index (κ3) is 3.32. The number of aliphatic hydroxyl groups is 1. The molecule has 76 valence electrons. The van der Waals surface area contributed by atoms with Gasteiger partial charge in [0.25, 0.3) is 0 Å². The van der Waals surface area contributed by atoms with E-state index in [1.165, 1.54) is 0 Å². The second-order valence-corrected chi connectivity index (χ2v) is 3.53. The SMILES string of the molecule is O=C(O)CN1CCCCC1CCO. The van der Waals surface area contributed by atoms with Gasteiger partial charge >= 0.3 is 5.97 Å². The van der Waals surface area contributed by atoms with Crippen LogP contribution in [0.25, 0.3) is 0 Å². The molecule has 1 atom stereocenters. The van der Waals surface area contributed by atoms with E-state index in [0.717, 1.165) is 25.8 Å². The molecule has 0 saturated carbocycles. The number of aliphatic hydroxyl groups excluding tert-OH is 1. The zero-order valence-corrected chi connectivity index (χ0v) is 7.78. The molecule has 0 amide bonds. The molecule has 4 heteroatoms. The van der Waals surface area contributed by atoms with Gasteiger partial charge in [0.2, 0.25) is 0 Å². The van der Waals surface area contributed by atoms with Crippen molar-refractivity contribution in [2.45, 2.75) is 31.7 Å². The quantitative estimate of drug-likeness (QED) is 0.665. The van der Waals surface area contributed by atoms with E-state index >= 15 is 0 Å². The third-order valence-electron chi connectivity index (χ3n) is 2.55. The van der Waals surface area contributed by atoms with Crippen molar-refractivity contribution in [3.63, 3.8) is 0 Å². The van der Waals surface area contributed by atoms with Gasteiger partial charge in [-0.2, -0.15) is 0 Å². The molecule has 1 unspecified atom stereocenters. The van der Waals surface area contributed by atoms with Crippen LogP contribution in [0.4, 0.5) is 0 Å². The van der Waals surface area contributed by atoms with Crippen LogP contribution in [-0.4, -0.2) is 46.8 Å². The van der Waals surface area contributed by atoms with Crippen molar-refractivity contribution in [1.29, 1.82) is 0 Å². The van der Waals surface area contributed by atoms with Crippen LogP contribution in [0, 0.1) is 0 Å². The third-order valence-corrected chi connectivity index (χ3v) is 2.55. The highest BCUT2D eigenvalue weighted by molar-refractivity contribution is 5.69. The van der Waals surface area contributed by atoms with Crippen molar-refractivity contribution in [3.05, 3.63) is 0 Å². The second-order valence-electron chi connectivity index (χ2n) is 3.53. The maximum absolute atomic E-state index is 10.5. The minimum atomic E-state index is -0.773. The molecule has 0 bridgehead atoms. The van der Waals surface area contributed by atoms with E-state index < -0.39 is 5.97 Å². The van der Waals surface area contributed by atoms with E-state index in [2.05, 4.69) is 0 Å². The fourth-order valence-electron chi connectivity index (χ4n) is 1.92. The minimum Gasteiger partial charge on any atom is -0.480 e. The Hall–Kier alpha value is -0.610. The van der Waals surface area contributed by atoms with Gasteiger partial charge in [-0.05, 0) is 25.8 Å². The first-order chi connectivity index (χ1) is 6.24. The van der Waals surface area contributed by atoms with Gasteiger partial charge in [0, 0.05) is 12.6 Å². The number of hydrogen-bond acceptors (Lipinski definition) is 3. The first kappa shape index (κ1) is 10.5. The normalized spacial score (nSPS) is 24.5. The van der Waals surface area contributed by atoms with Crippen molar-refractivity contribution in [3.8, 4) is 0 Å². The molecule has 13 heavy (non-hydrogen) atoms. The van der Waals surface area contributed by atoms with Crippen molar-refractivity contribution in [2.24, 2.45) is 0 Å². The number of rotatable bonds is 4. The molecule has 0 aromatic carbocycles. The topological polar surface area (TPSA) is 60.8 Å². The highest BCUT2D eigenvalue weighted by atomic mass is 16.4. The molecular formula is C9H17NO3. The van der Waals surface area contributed by atoms with Crippen LogP contribution in [0.2, 0.25) is 0 Å². The smallest absolute Gasteiger partial charge is 0.317 e. The van der Waals surface area contributed by atoms with Gasteiger partial charge < -0.3 is 10.2 Å². The summed E-state index contributed by atoms with van der Waals surface area (Å²) in [6.45, 7) is 1.13. The molecule has 0 spiro atoms. The van der Waals surface area contributed by atoms with Crippen LogP contribution in [-0.2, 0) is 4.79 Å². The lowest BCUT2D eigenvalue weighted by atomic mass is 10.00. The largest absolute Gasteiger partial charge is 0.480 e. The van der Waals surface area contributed by atoms with E-state index in [1.54, 1.807) is 0 Å². The van der Waals surface area contributed by atoms with Crippen LogP contribution in [0.15, 0.2) is 0 Å². The fraction of sp³-hybridized carbons (Fsp3) is 0.889. The average Bonchev–Trinajstić information content (AvgIpc) is 2.08. The molecule has 4 nitrogen and oxygen atoms in total. The number of carbonyl (C=O) groups is 1. The summed E-state index contributed by atoms with van der Waals surface area (Å²) in [7, 11) is 0. The van der Waals surface area contributed by atoms with Crippen LogP contribution >= 0.6 is 0 Å². The molecule has 0 aromatic rings. The number of likely N-dealkylation sites (tertiary alicyclic amines) is 1. The second kappa shape index (κ2) is 5.19. The van der Waals surface area contributed by atoms with Crippen molar-refractivity contribution in [2.75, 3.05) is 19.7 Å². The van der Waals surface area contributed by atoms with Crippen LogP contribution in [0.3, 0.4) is 0 Å². The Morgan fingerprint density at radius 3 is 2.85 bits per heavy atom. The van der Waals surface area contributed by atoms with Crippen molar-refractivity contribution in [1.82, 2.24) is 4.90 Å². The number of hydrogen-bond donors (Lipinski definition) is 2. The predicted molar refractivity (Wildman–Crippen MR) is 48.6 cm³/mol. The van der Waals surface area contributed by atoms with Gasteiger partial charge in [0.15, 0.2) is 0 Å². The number of piperidine rings is 1. The van der Waals surface area contributed by atoms with Gasteiger partial charge in [-0.3, -0.25) is 9.69 Å². The molecular weight excluding hydrogens is 170 g/mol. The molecule has 1 rings (SSSR count). The molecule has 1 fully saturated rings. The van der Waals surface area contributed by atoms with E-state index in [4.69, 9.17) is 10.2 Å². The van der Waals surface area contributed by atoms with Gasteiger partial charge in [0.1, 0.15) is 0 Å². The molecule has 1 aliphatic heterocycles. The van der Waals surface area contributed by atoms with Gasteiger partial charge in [-0.25, -0.2) is 0 Å².